The fraction of sp³-hybridized carbons (Fsp3) is 0.688. The van der Waals surface area contributed by atoms with Crippen molar-refractivity contribution >= 4 is 18.4 Å². The molecule has 0 radical (unpaired) electrons. The summed E-state index contributed by atoms with van der Waals surface area (Å²) in [5, 5.41) is 0. The molecule has 0 aliphatic carbocycles. The number of carbonyl (C=O) groups is 3. The minimum Gasteiger partial charge on any atom is -0.431 e. The third-order valence-corrected chi connectivity index (χ3v) is 2.31. The highest BCUT2D eigenvalue weighted by atomic mass is 17.2. The Morgan fingerprint density at radius 2 is 1.71 bits per heavy atom. The first kappa shape index (κ1) is 22.1. The molecule has 0 aliphatic heterocycles. The first-order chi connectivity index (χ1) is 11.1. The molecule has 8 heteroatoms. The Bertz CT molecular complexity index is 434. The summed E-state index contributed by atoms with van der Waals surface area (Å²) in [7, 11) is 0. The van der Waals surface area contributed by atoms with Gasteiger partial charge in [-0.05, 0) is 25.7 Å². The fourth-order valence-corrected chi connectivity index (χ4v) is 2.01. The van der Waals surface area contributed by atoms with Crippen LogP contribution in [0.3, 0.4) is 0 Å². The predicted octanol–water partition coefficient (Wildman–Crippen LogP) is 2.56. The summed E-state index contributed by atoms with van der Waals surface area (Å²) in [6.07, 6.45) is 1.99. The van der Waals surface area contributed by atoms with E-state index in [4.69, 9.17) is 14.5 Å². The second kappa shape index (κ2) is 10.8. The quantitative estimate of drug-likeness (QED) is 0.0870. The van der Waals surface area contributed by atoms with Crippen LogP contribution in [0.4, 0.5) is 4.79 Å². The van der Waals surface area contributed by atoms with Crippen LogP contribution in [-0.2, 0) is 33.6 Å². The van der Waals surface area contributed by atoms with Gasteiger partial charge in [0.1, 0.15) is 31.4 Å². The van der Waals surface area contributed by atoms with E-state index in [1.807, 2.05) is 13.8 Å². The summed E-state index contributed by atoms with van der Waals surface area (Å²) in [6.45, 7) is 9.72. The van der Waals surface area contributed by atoms with E-state index >= 15 is 0 Å². The van der Waals surface area contributed by atoms with Gasteiger partial charge in [0.05, 0.1) is 12.7 Å². The number of ether oxygens (including phenoxy) is 3. The maximum atomic E-state index is 11.3. The molecule has 0 spiro atoms. The molecule has 0 bridgehead atoms. The molecule has 0 unspecified atom stereocenters. The molecule has 0 N–H and O–H groups in total. The highest BCUT2D eigenvalue weighted by Crippen LogP contribution is 2.29. The Morgan fingerprint density at radius 3 is 2.29 bits per heavy atom. The van der Waals surface area contributed by atoms with Crippen molar-refractivity contribution in [3.05, 3.63) is 12.3 Å². The summed E-state index contributed by atoms with van der Waals surface area (Å²) >= 11 is 0. The lowest BCUT2D eigenvalue weighted by Gasteiger charge is -2.30. The minimum atomic E-state index is -1.17. The maximum absolute atomic E-state index is 11.3. The van der Waals surface area contributed by atoms with Gasteiger partial charge in [-0.1, -0.05) is 20.8 Å². The third-order valence-electron chi connectivity index (χ3n) is 2.31. The average molecular weight is 346 g/mol. The number of hydrogen-bond donors (Lipinski definition) is 0. The zero-order valence-electron chi connectivity index (χ0n) is 14.8. The normalized spacial score (nSPS) is 12.0. The van der Waals surface area contributed by atoms with Crippen molar-refractivity contribution in [2.24, 2.45) is 5.41 Å². The van der Waals surface area contributed by atoms with Crippen LogP contribution in [-0.4, -0.2) is 43.8 Å². The van der Waals surface area contributed by atoms with Crippen molar-refractivity contribution in [3.8, 4) is 0 Å². The molecule has 0 atom stereocenters. The van der Waals surface area contributed by atoms with Crippen molar-refractivity contribution in [2.45, 2.75) is 46.6 Å². The van der Waals surface area contributed by atoms with Gasteiger partial charge in [-0.15, -0.1) is 0 Å². The van der Waals surface area contributed by atoms with Crippen molar-refractivity contribution in [1.29, 1.82) is 0 Å². The Balaban J connectivity index is 3.96. The van der Waals surface area contributed by atoms with Gasteiger partial charge in [-0.3, -0.25) is 0 Å². The fourth-order valence-electron chi connectivity index (χ4n) is 2.01. The summed E-state index contributed by atoms with van der Waals surface area (Å²) in [5.74, 6) is -0.967. The van der Waals surface area contributed by atoms with Crippen LogP contribution in [0.15, 0.2) is 12.3 Å². The van der Waals surface area contributed by atoms with Gasteiger partial charge >= 0.3 is 12.1 Å². The lowest BCUT2D eigenvalue weighted by Crippen LogP contribution is -2.29. The largest absolute Gasteiger partial charge is 0.516 e. The van der Waals surface area contributed by atoms with Crippen molar-refractivity contribution in [3.63, 3.8) is 0 Å². The molecule has 138 valence electrons. The SMILES string of the molecule is CC(C)(C)CC(C)(C)OOC=CC(=O)OC(=O)OCCOCC=O. The second-order valence-electron chi connectivity index (χ2n) is 6.74. The van der Waals surface area contributed by atoms with Crippen LogP contribution in [0, 0.1) is 5.41 Å². The Hall–Kier alpha value is -1.93. The number of rotatable bonds is 10. The Labute approximate surface area is 142 Å². The van der Waals surface area contributed by atoms with Gasteiger partial charge in [0.25, 0.3) is 0 Å². The number of aldehydes is 1. The van der Waals surface area contributed by atoms with E-state index in [0.717, 1.165) is 18.8 Å². The number of hydrogen-bond acceptors (Lipinski definition) is 8. The van der Waals surface area contributed by atoms with Crippen LogP contribution < -0.4 is 0 Å². The van der Waals surface area contributed by atoms with Crippen molar-refractivity contribution < 1.29 is 38.4 Å². The molecule has 0 aromatic rings. The van der Waals surface area contributed by atoms with Crippen molar-refractivity contribution in [1.82, 2.24) is 0 Å². The van der Waals surface area contributed by atoms with E-state index in [1.165, 1.54) is 0 Å². The van der Waals surface area contributed by atoms with Gasteiger partial charge in [0.15, 0.2) is 0 Å². The predicted molar refractivity (Wildman–Crippen MR) is 83.8 cm³/mol. The molecular formula is C16H26O8. The smallest absolute Gasteiger partial charge is 0.431 e. The first-order valence-corrected chi connectivity index (χ1v) is 7.47. The molecule has 0 amide bonds. The van der Waals surface area contributed by atoms with Crippen LogP contribution in [0.1, 0.15) is 41.0 Å². The Morgan fingerprint density at radius 1 is 1.04 bits per heavy atom. The van der Waals surface area contributed by atoms with Crippen LogP contribution in [0.2, 0.25) is 0 Å². The average Bonchev–Trinajstić information content (AvgIpc) is 2.41. The van der Waals surface area contributed by atoms with E-state index in [1.54, 1.807) is 0 Å². The van der Waals surface area contributed by atoms with E-state index in [9.17, 15) is 14.4 Å². The van der Waals surface area contributed by atoms with Crippen LogP contribution in [0.25, 0.3) is 0 Å². The molecular weight excluding hydrogens is 320 g/mol. The van der Waals surface area contributed by atoms with E-state index in [0.29, 0.717) is 6.29 Å². The zero-order chi connectivity index (χ0) is 18.6. The minimum absolute atomic E-state index is 0.0255. The van der Waals surface area contributed by atoms with Gasteiger partial charge in [-0.2, -0.15) is 4.89 Å². The van der Waals surface area contributed by atoms with E-state index < -0.39 is 17.7 Å². The summed E-state index contributed by atoms with van der Waals surface area (Å²) in [5.41, 5.74) is -0.498. The molecule has 0 saturated heterocycles. The number of esters is 1. The molecule has 0 aliphatic rings. The van der Waals surface area contributed by atoms with Gasteiger partial charge in [0.2, 0.25) is 0 Å². The van der Waals surface area contributed by atoms with Gasteiger partial charge in [-0.25, -0.2) is 9.59 Å². The van der Waals surface area contributed by atoms with Gasteiger partial charge in [0, 0.05) is 0 Å². The molecule has 0 aromatic carbocycles. The van der Waals surface area contributed by atoms with Crippen molar-refractivity contribution in [2.75, 3.05) is 19.8 Å². The highest BCUT2D eigenvalue weighted by molar-refractivity contribution is 5.89. The van der Waals surface area contributed by atoms with E-state index in [-0.39, 0.29) is 25.2 Å². The number of carbonyl (C=O) groups excluding carboxylic acids is 3. The monoisotopic (exact) mass is 346 g/mol. The molecule has 0 heterocycles. The molecule has 8 nitrogen and oxygen atoms in total. The highest BCUT2D eigenvalue weighted by Gasteiger charge is 2.27. The Kier molecular flexibility index (Phi) is 9.91. The molecule has 0 aromatic heterocycles. The van der Waals surface area contributed by atoms with E-state index in [2.05, 4.69) is 30.2 Å². The summed E-state index contributed by atoms with van der Waals surface area (Å²) in [6, 6.07) is 0. The van der Waals surface area contributed by atoms with Gasteiger partial charge < -0.3 is 23.9 Å². The van der Waals surface area contributed by atoms with Crippen LogP contribution in [0.5, 0.6) is 0 Å². The summed E-state index contributed by atoms with van der Waals surface area (Å²) in [4.78, 5) is 42.5. The lowest BCUT2D eigenvalue weighted by atomic mass is 9.84. The molecule has 0 saturated carbocycles. The standard InChI is InChI=1S/C16H26O8/c1-15(2,3)12-16(4,5)24-22-8-6-13(18)23-14(19)21-11-10-20-9-7-17/h6-8H,9-12H2,1-5H3. The molecule has 0 fully saturated rings. The molecule has 24 heavy (non-hydrogen) atoms. The third kappa shape index (κ3) is 13.7. The lowest BCUT2D eigenvalue weighted by molar-refractivity contribution is -0.321. The topological polar surface area (TPSA) is 97.4 Å². The van der Waals surface area contributed by atoms with Crippen LogP contribution >= 0.6 is 0 Å². The second-order valence-corrected chi connectivity index (χ2v) is 6.74. The zero-order valence-corrected chi connectivity index (χ0v) is 14.8. The molecule has 0 rings (SSSR count). The maximum Gasteiger partial charge on any atom is 0.516 e. The summed E-state index contributed by atoms with van der Waals surface area (Å²) < 4.78 is 13.6. The first-order valence-electron chi connectivity index (χ1n) is 7.47.